The summed E-state index contributed by atoms with van der Waals surface area (Å²) < 4.78 is 10.4. The molecule has 0 N–H and O–H groups in total. The van der Waals surface area contributed by atoms with Crippen molar-refractivity contribution in [1.29, 1.82) is 0 Å². The van der Waals surface area contributed by atoms with Crippen molar-refractivity contribution in [3.8, 4) is 0 Å². The van der Waals surface area contributed by atoms with Crippen molar-refractivity contribution in [2.75, 3.05) is 6.61 Å². The Morgan fingerprint density at radius 3 is 2.89 bits per heavy atom. The second kappa shape index (κ2) is 2.76. The number of hydrogen-bond donors (Lipinski definition) is 0. The monoisotopic (exact) mass is 128 g/mol. The smallest absolute Gasteiger partial charge is 0.275 e. The van der Waals surface area contributed by atoms with Gasteiger partial charge in [-0.1, -0.05) is 6.92 Å². The van der Waals surface area contributed by atoms with Crippen LogP contribution in [0.2, 0.25) is 0 Å². The number of hydrogen-bond acceptors (Lipinski definition) is 2. The van der Waals surface area contributed by atoms with E-state index in [2.05, 4.69) is 6.92 Å². The molecular formula is C7H12O2. The van der Waals surface area contributed by atoms with Crippen molar-refractivity contribution in [2.45, 2.75) is 26.4 Å². The molecule has 52 valence electrons. The highest BCUT2D eigenvalue weighted by molar-refractivity contribution is 4.85. The summed E-state index contributed by atoms with van der Waals surface area (Å²) in [5, 5.41) is 0. The fourth-order valence-electron chi connectivity index (χ4n) is 0.760. The van der Waals surface area contributed by atoms with Crippen LogP contribution in [0.4, 0.5) is 0 Å². The molecule has 1 fully saturated rings. The standard InChI is InChI=1S/C7H12O2/c1-3-6-5-8-7(4-2)9-6/h4,6H,3,5H2,1-2H3/b7-4+. The Morgan fingerprint density at radius 1 is 1.78 bits per heavy atom. The van der Waals surface area contributed by atoms with Crippen LogP contribution in [0.5, 0.6) is 0 Å². The fourth-order valence-corrected chi connectivity index (χ4v) is 0.760. The zero-order chi connectivity index (χ0) is 6.69. The summed E-state index contributed by atoms with van der Waals surface area (Å²) in [6.07, 6.45) is 3.16. The van der Waals surface area contributed by atoms with E-state index in [0.717, 1.165) is 13.0 Å². The highest BCUT2D eigenvalue weighted by Crippen LogP contribution is 2.16. The van der Waals surface area contributed by atoms with Crippen LogP contribution >= 0.6 is 0 Å². The van der Waals surface area contributed by atoms with Gasteiger partial charge in [-0.2, -0.15) is 0 Å². The molecule has 2 nitrogen and oxygen atoms in total. The molecule has 0 amide bonds. The van der Waals surface area contributed by atoms with Gasteiger partial charge < -0.3 is 9.47 Å². The van der Waals surface area contributed by atoms with Crippen LogP contribution in [0.25, 0.3) is 0 Å². The van der Waals surface area contributed by atoms with E-state index in [-0.39, 0.29) is 6.10 Å². The van der Waals surface area contributed by atoms with Crippen LogP contribution < -0.4 is 0 Å². The van der Waals surface area contributed by atoms with Gasteiger partial charge >= 0.3 is 0 Å². The van der Waals surface area contributed by atoms with E-state index in [4.69, 9.17) is 9.47 Å². The average Bonchev–Trinajstić information content (AvgIpc) is 2.34. The lowest BCUT2D eigenvalue weighted by Crippen LogP contribution is -2.05. The van der Waals surface area contributed by atoms with Gasteiger partial charge in [0.05, 0.1) is 0 Å². The summed E-state index contributed by atoms with van der Waals surface area (Å²) in [6.45, 7) is 4.72. The van der Waals surface area contributed by atoms with E-state index in [1.165, 1.54) is 0 Å². The molecule has 1 unspecified atom stereocenters. The van der Waals surface area contributed by atoms with E-state index < -0.39 is 0 Å². The SMILES string of the molecule is C/C=C1\OCC(CC)O1. The maximum Gasteiger partial charge on any atom is 0.275 e. The molecule has 0 radical (unpaired) electrons. The van der Waals surface area contributed by atoms with E-state index in [1.807, 2.05) is 13.0 Å². The minimum Gasteiger partial charge on any atom is -0.462 e. The first-order chi connectivity index (χ1) is 4.36. The molecule has 0 aromatic carbocycles. The molecule has 0 saturated carbocycles. The molecule has 1 rings (SSSR count). The molecular weight excluding hydrogens is 116 g/mol. The maximum absolute atomic E-state index is 5.30. The van der Waals surface area contributed by atoms with Crippen molar-refractivity contribution in [2.24, 2.45) is 0 Å². The molecule has 0 aliphatic carbocycles. The Bertz CT molecular complexity index is 118. The number of ether oxygens (including phenoxy) is 2. The van der Waals surface area contributed by atoms with Crippen LogP contribution in [-0.4, -0.2) is 12.7 Å². The van der Waals surface area contributed by atoms with Gasteiger partial charge in [-0.25, -0.2) is 0 Å². The molecule has 0 aromatic rings. The topological polar surface area (TPSA) is 18.5 Å². The maximum atomic E-state index is 5.30. The molecule has 0 aromatic heterocycles. The van der Waals surface area contributed by atoms with Gasteiger partial charge in [0.15, 0.2) is 0 Å². The molecule has 1 aliphatic rings. The Kier molecular flexibility index (Phi) is 1.98. The van der Waals surface area contributed by atoms with Crippen LogP contribution in [0.3, 0.4) is 0 Å². The Labute approximate surface area is 55.5 Å². The Hall–Kier alpha value is -0.660. The van der Waals surface area contributed by atoms with Crippen LogP contribution in [0.15, 0.2) is 12.0 Å². The summed E-state index contributed by atoms with van der Waals surface area (Å²) in [6, 6.07) is 0. The molecule has 1 saturated heterocycles. The van der Waals surface area contributed by atoms with Gasteiger partial charge in [0.25, 0.3) is 5.95 Å². The van der Waals surface area contributed by atoms with Crippen molar-refractivity contribution in [3.05, 3.63) is 12.0 Å². The molecule has 0 spiro atoms. The lowest BCUT2D eigenvalue weighted by atomic mass is 10.3. The Morgan fingerprint density at radius 2 is 2.56 bits per heavy atom. The summed E-state index contributed by atoms with van der Waals surface area (Å²) in [4.78, 5) is 0. The predicted molar refractivity (Wildman–Crippen MR) is 34.9 cm³/mol. The minimum atomic E-state index is 0.288. The van der Waals surface area contributed by atoms with Gasteiger partial charge in [-0.3, -0.25) is 0 Å². The molecule has 9 heavy (non-hydrogen) atoms. The van der Waals surface area contributed by atoms with E-state index in [1.54, 1.807) is 0 Å². The van der Waals surface area contributed by atoms with Crippen molar-refractivity contribution in [1.82, 2.24) is 0 Å². The first-order valence-corrected chi connectivity index (χ1v) is 3.32. The lowest BCUT2D eigenvalue weighted by Gasteiger charge is -2.00. The highest BCUT2D eigenvalue weighted by Gasteiger charge is 2.18. The second-order valence-electron chi connectivity index (χ2n) is 2.07. The molecule has 1 aliphatic heterocycles. The van der Waals surface area contributed by atoms with E-state index in [9.17, 15) is 0 Å². The van der Waals surface area contributed by atoms with Crippen LogP contribution in [0, 0.1) is 0 Å². The zero-order valence-electron chi connectivity index (χ0n) is 5.89. The van der Waals surface area contributed by atoms with Gasteiger partial charge in [-0.05, 0) is 19.4 Å². The summed E-state index contributed by atoms with van der Waals surface area (Å²) in [7, 11) is 0. The average molecular weight is 128 g/mol. The third-order valence-corrected chi connectivity index (χ3v) is 1.39. The Balaban J connectivity index is 2.38. The molecule has 2 heteroatoms. The summed E-state index contributed by atoms with van der Waals surface area (Å²) in [5.74, 6) is 0.682. The normalized spacial score (nSPS) is 30.0. The van der Waals surface area contributed by atoms with Gasteiger partial charge in [0, 0.05) is 0 Å². The van der Waals surface area contributed by atoms with Crippen molar-refractivity contribution >= 4 is 0 Å². The minimum absolute atomic E-state index is 0.288. The van der Waals surface area contributed by atoms with Gasteiger partial charge in [0.1, 0.15) is 12.7 Å². The number of allylic oxidation sites excluding steroid dienone is 1. The third-order valence-electron chi connectivity index (χ3n) is 1.39. The van der Waals surface area contributed by atoms with Gasteiger partial charge in [-0.15, -0.1) is 0 Å². The first-order valence-electron chi connectivity index (χ1n) is 3.32. The fraction of sp³-hybridized carbons (Fsp3) is 0.714. The van der Waals surface area contributed by atoms with Gasteiger partial charge in [0.2, 0.25) is 0 Å². The largest absolute Gasteiger partial charge is 0.462 e. The molecule has 1 atom stereocenters. The van der Waals surface area contributed by atoms with Crippen molar-refractivity contribution < 1.29 is 9.47 Å². The number of rotatable bonds is 1. The lowest BCUT2D eigenvalue weighted by molar-refractivity contribution is 0.139. The van der Waals surface area contributed by atoms with E-state index in [0.29, 0.717) is 5.95 Å². The van der Waals surface area contributed by atoms with Crippen LogP contribution in [-0.2, 0) is 9.47 Å². The van der Waals surface area contributed by atoms with E-state index >= 15 is 0 Å². The first kappa shape index (κ1) is 6.46. The molecule has 1 heterocycles. The second-order valence-corrected chi connectivity index (χ2v) is 2.07. The highest BCUT2D eigenvalue weighted by atomic mass is 16.7. The summed E-state index contributed by atoms with van der Waals surface area (Å²) in [5.41, 5.74) is 0. The quantitative estimate of drug-likeness (QED) is 0.534. The van der Waals surface area contributed by atoms with Crippen LogP contribution in [0.1, 0.15) is 20.3 Å². The van der Waals surface area contributed by atoms with Crippen molar-refractivity contribution in [3.63, 3.8) is 0 Å². The summed E-state index contributed by atoms with van der Waals surface area (Å²) >= 11 is 0. The predicted octanol–water partition coefficient (Wildman–Crippen LogP) is 1.67. The molecule has 0 bridgehead atoms. The third kappa shape index (κ3) is 1.37. The zero-order valence-corrected chi connectivity index (χ0v) is 5.89.